The van der Waals surface area contributed by atoms with Crippen molar-refractivity contribution in [3.05, 3.63) is 22.7 Å². The molecule has 1 unspecified atom stereocenters. The average Bonchev–Trinajstić information content (AvgIpc) is 2.39. The van der Waals surface area contributed by atoms with Gasteiger partial charge in [-0.3, -0.25) is 4.79 Å². The number of hydrogen-bond acceptors (Lipinski definition) is 2. The maximum Gasteiger partial charge on any atom is 0.268 e. The van der Waals surface area contributed by atoms with Gasteiger partial charge in [-0.2, -0.15) is 0 Å². The first-order chi connectivity index (χ1) is 9.08. The van der Waals surface area contributed by atoms with Gasteiger partial charge in [-0.1, -0.05) is 31.9 Å². The summed E-state index contributed by atoms with van der Waals surface area (Å²) in [6.07, 6.45) is 2.34. The number of hydrogen-bond donors (Lipinski definition) is 0. The molecule has 19 heavy (non-hydrogen) atoms. The average molecular weight is 282 g/mol. The van der Waals surface area contributed by atoms with E-state index in [1.165, 1.54) is 0 Å². The molecule has 0 saturated carbocycles. The first kappa shape index (κ1) is 14.2. The fourth-order valence-corrected chi connectivity index (χ4v) is 2.41. The molecule has 1 aliphatic heterocycles. The van der Waals surface area contributed by atoms with Gasteiger partial charge in [-0.15, -0.1) is 0 Å². The van der Waals surface area contributed by atoms with E-state index >= 15 is 0 Å². The van der Waals surface area contributed by atoms with Crippen molar-refractivity contribution in [3.63, 3.8) is 0 Å². The molecule has 0 N–H and O–H groups in total. The predicted molar refractivity (Wildman–Crippen MR) is 78.2 cm³/mol. The highest BCUT2D eigenvalue weighted by Crippen LogP contribution is 2.38. The van der Waals surface area contributed by atoms with Gasteiger partial charge in [-0.25, -0.2) is 0 Å². The molecule has 1 aliphatic rings. The summed E-state index contributed by atoms with van der Waals surface area (Å²) < 4.78 is 5.76. The molecule has 0 fully saturated rings. The minimum absolute atomic E-state index is 0.0603. The second-order valence-electron chi connectivity index (χ2n) is 4.93. The SMILES string of the molecule is CCCCN1C(=O)C(CC)Oc2cc(Cl)c(C)cc21. The molecular weight excluding hydrogens is 262 g/mol. The molecule has 1 aromatic carbocycles. The Hall–Kier alpha value is -1.22. The van der Waals surface area contributed by atoms with E-state index in [0.717, 1.165) is 36.4 Å². The number of halogens is 1. The smallest absolute Gasteiger partial charge is 0.268 e. The number of aryl methyl sites for hydroxylation is 1. The zero-order chi connectivity index (χ0) is 14.0. The Morgan fingerprint density at radius 1 is 1.37 bits per heavy atom. The van der Waals surface area contributed by atoms with Crippen molar-refractivity contribution >= 4 is 23.2 Å². The molecule has 104 valence electrons. The number of fused-ring (bicyclic) bond motifs is 1. The summed E-state index contributed by atoms with van der Waals surface area (Å²) in [5.41, 5.74) is 1.82. The van der Waals surface area contributed by atoms with Crippen molar-refractivity contribution in [3.8, 4) is 5.75 Å². The lowest BCUT2D eigenvalue weighted by atomic mass is 10.1. The number of unbranched alkanes of at least 4 members (excludes halogenated alkanes) is 1. The Balaban J connectivity index is 2.42. The van der Waals surface area contributed by atoms with Crippen LogP contribution in [0, 0.1) is 6.92 Å². The molecule has 0 bridgehead atoms. The Bertz CT molecular complexity index is 487. The highest BCUT2D eigenvalue weighted by atomic mass is 35.5. The van der Waals surface area contributed by atoms with E-state index in [0.29, 0.717) is 11.4 Å². The second kappa shape index (κ2) is 5.83. The van der Waals surface area contributed by atoms with Crippen molar-refractivity contribution in [2.75, 3.05) is 11.4 Å². The van der Waals surface area contributed by atoms with E-state index in [9.17, 15) is 4.79 Å². The largest absolute Gasteiger partial charge is 0.478 e. The van der Waals surface area contributed by atoms with Gasteiger partial charge >= 0.3 is 0 Å². The van der Waals surface area contributed by atoms with Crippen LogP contribution in [0.3, 0.4) is 0 Å². The van der Waals surface area contributed by atoms with Gasteiger partial charge in [-0.05, 0) is 31.4 Å². The van der Waals surface area contributed by atoms with Gasteiger partial charge in [0, 0.05) is 17.6 Å². The first-order valence-corrected chi connectivity index (χ1v) is 7.24. The number of anilines is 1. The molecule has 4 heteroatoms. The first-order valence-electron chi connectivity index (χ1n) is 6.86. The van der Waals surface area contributed by atoms with Crippen LogP contribution < -0.4 is 9.64 Å². The number of amides is 1. The van der Waals surface area contributed by atoms with Crippen LogP contribution in [0.4, 0.5) is 5.69 Å². The van der Waals surface area contributed by atoms with Crippen LogP contribution in [0.25, 0.3) is 0 Å². The number of rotatable bonds is 4. The molecule has 0 spiro atoms. The van der Waals surface area contributed by atoms with Crippen LogP contribution in [-0.2, 0) is 4.79 Å². The van der Waals surface area contributed by atoms with Crippen molar-refractivity contribution in [1.29, 1.82) is 0 Å². The van der Waals surface area contributed by atoms with E-state index < -0.39 is 0 Å². The summed E-state index contributed by atoms with van der Waals surface area (Å²) in [5, 5.41) is 0.679. The van der Waals surface area contributed by atoms with Crippen LogP contribution in [0.15, 0.2) is 12.1 Å². The third-order valence-corrected chi connectivity index (χ3v) is 3.85. The normalized spacial score (nSPS) is 18.2. The molecule has 1 atom stereocenters. The number of carbonyl (C=O) groups excluding carboxylic acids is 1. The molecule has 0 radical (unpaired) electrons. The molecule has 0 saturated heterocycles. The van der Waals surface area contributed by atoms with E-state index in [4.69, 9.17) is 16.3 Å². The van der Waals surface area contributed by atoms with Gasteiger partial charge in [0.15, 0.2) is 6.10 Å². The lowest BCUT2D eigenvalue weighted by Gasteiger charge is -2.34. The standard InChI is InChI=1S/C15H20ClNO2/c1-4-6-7-17-12-8-10(3)11(16)9-14(12)19-13(5-2)15(17)18/h8-9,13H,4-7H2,1-3H3. The highest BCUT2D eigenvalue weighted by Gasteiger charge is 2.33. The number of nitrogens with zero attached hydrogens (tertiary/aromatic N) is 1. The monoisotopic (exact) mass is 281 g/mol. The van der Waals surface area contributed by atoms with Gasteiger partial charge in [0.05, 0.1) is 5.69 Å². The highest BCUT2D eigenvalue weighted by molar-refractivity contribution is 6.31. The topological polar surface area (TPSA) is 29.5 Å². The van der Waals surface area contributed by atoms with Crippen LogP contribution >= 0.6 is 11.6 Å². The molecule has 1 aromatic rings. The van der Waals surface area contributed by atoms with Crippen LogP contribution in [0.1, 0.15) is 38.7 Å². The van der Waals surface area contributed by atoms with Gasteiger partial charge in [0.1, 0.15) is 5.75 Å². The molecule has 2 rings (SSSR count). The predicted octanol–water partition coefficient (Wildman–Crippen LogP) is 3.95. The van der Waals surface area contributed by atoms with Crippen molar-refractivity contribution in [2.24, 2.45) is 0 Å². The summed E-state index contributed by atoms with van der Waals surface area (Å²) in [4.78, 5) is 14.2. The lowest BCUT2D eigenvalue weighted by Crippen LogP contribution is -2.46. The molecule has 0 aliphatic carbocycles. The number of ether oxygens (including phenoxy) is 1. The zero-order valence-electron chi connectivity index (χ0n) is 11.7. The summed E-state index contributed by atoms with van der Waals surface area (Å²) in [7, 11) is 0. The van der Waals surface area contributed by atoms with E-state index in [-0.39, 0.29) is 12.0 Å². The van der Waals surface area contributed by atoms with Crippen LogP contribution in [0.5, 0.6) is 5.75 Å². The molecular formula is C15H20ClNO2. The van der Waals surface area contributed by atoms with Gasteiger partial charge in [0.2, 0.25) is 0 Å². The fourth-order valence-electron chi connectivity index (χ4n) is 2.25. The van der Waals surface area contributed by atoms with E-state index in [1.807, 2.05) is 30.9 Å². The van der Waals surface area contributed by atoms with Crippen molar-refractivity contribution in [1.82, 2.24) is 0 Å². The van der Waals surface area contributed by atoms with E-state index in [2.05, 4.69) is 6.92 Å². The van der Waals surface area contributed by atoms with Gasteiger partial charge in [0.25, 0.3) is 5.91 Å². The van der Waals surface area contributed by atoms with E-state index in [1.54, 1.807) is 0 Å². The van der Waals surface area contributed by atoms with Gasteiger partial charge < -0.3 is 9.64 Å². The number of carbonyl (C=O) groups is 1. The van der Waals surface area contributed by atoms with Crippen molar-refractivity contribution < 1.29 is 9.53 Å². The molecule has 3 nitrogen and oxygen atoms in total. The summed E-state index contributed by atoms with van der Waals surface area (Å²) in [6.45, 7) is 6.76. The zero-order valence-corrected chi connectivity index (χ0v) is 12.5. The van der Waals surface area contributed by atoms with Crippen LogP contribution in [0.2, 0.25) is 5.02 Å². The Morgan fingerprint density at radius 2 is 2.11 bits per heavy atom. The quantitative estimate of drug-likeness (QED) is 0.836. The Labute approximate surface area is 119 Å². The summed E-state index contributed by atoms with van der Waals surface area (Å²) in [6, 6.07) is 3.76. The second-order valence-corrected chi connectivity index (χ2v) is 5.33. The molecule has 0 aromatic heterocycles. The van der Waals surface area contributed by atoms with Crippen molar-refractivity contribution in [2.45, 2.75) is 46.1 Å². The molecule has 1 amide bonds. The lowest BCUT2D eigenvalue weighted by molar-refractivity contribution is -0.126. The minimum Gasteiger partial charge on any atom is -0.478 e. The maximum atomic E-state index is 12.4. The maximum absolute atomic E-state index is 12.4. The third-order valence-electron chi connectivity index (χ3n) is 3.45. The third kappa shape index (κ3) is 2.71. The fraction of sp³-hybridized carbons (Fsp3) is 0.533. The Kier molecular flexibility index (Phi) is 4.35. The summed E-state index contributed by atoms with van der Waals surface area (Å²) in [5.74, 6) is 0.781. The summed E-state index contributed by atoms with van der Waals surface area (Å²) >= 11 is 6.14. The molecule has 1 heterocycles. The number of benzene rings is 1. The Morgan fingerprint density at radius 3 is 2.74 bits per heavy atom. The van der Waals surface area contributed by atoms with Crippen LogP contribution in [-0.4, -0.2) is 18.6 Å². The minimum atomic E-state index is -0.386.